The van der Waals surface area contributed by atoms with Crippen LogP contribution in [0.3, 0.4) is 0 Å². The van der Waals surface area contributed by atoms with Gasteiger partial charge in [-0.25, -0.2) is 8.42 Å². The van der Waals surface area contributed by atoms with Crippen molar-refractivity contribution in [2.75, 3.05) is 12.8 Å². The summed E-state index contributed by atoms with van der Waals surface area (Å²) in [5, 5.41) is 11.1. The highest BCUT2D eigenvalue weighted by molar-refractivity contribution is 7.90. The first-order valence-corrected chi connectivity index (χ1v) is 8.18. The monoisotopic (exact) mass is 295 g/mol. The van der Waals surface area contributed by atoms with E-state index in [1.54, 1.807) is 12.1 Å². The Morgan fingerprint density at radius 2 is 2.10 bits per heavy atom. The first kappa shape index (κ1) is 14.7. The van der Waals surface area contributed by atoms with Gasteiger partial charge < -0.3 is 9.73 Å². The summed E-state index contributed by atoms with van der Waals surface area (Å²) >= 11 is 0. The summed E-state index contributed by atoms with van der Waals surface area (Å²) in [5.41, 5.74) is 0.593. The lowest BCUT2D eigenvalue weighted by molar-refractivity contribution is 0.429. The van der Waals surface area contributed by atoms with E-state index in [2.05, 4.69) is 15.5 Å². The molecule has 0 saturated carbocycles. The van der Waals surface area contributed by atoms with Gasteiger partial charge in [-0.2, -0.15) is 0 Å². The van der Waals surface area contributed by atoms with E-state index < -0.39 is 9.84 Å². The Morgan fingerprint density at radius 3 is 2.75 bits per heavy atom. The van der Waals surface area contributed by atoms with Crippen molar-refractivity contribution < 1.29 is 12.8 Å². The van der Waals surface area contributed by atoms with Gasteiger partial charge in [0.1, 0.15) is 0 Å². The maximum atomic E-state index is 11.5. The molecular formula is C13H17N3O3S. The van der Waals surface area contributed by atoms with Crippen molar-refractivity contribution >= 4 is 9.84 Å². The minimum absolute atomic E-state index is 0.0423. The molecule has 0 spiro atoms. The highest BCUT2D eigenvalue weighted by atomic mass is 32.2. The van der Waals surface area contributed by atoms with E-state index >= 15 is 0 Å². The fourth-order valence-corrected chi connectivity index (χ4v) is 2.45. The van der Waals surface area contributed by atoms with E-state index in [1.165, 1.54) is 18.4 Å². The van der Waals surface area contributed by atoms with Gasteiger partial charge in [-0.05, 0) is 31.7 Å². The molecule has 6 nitrogen and oxygen atoms in total. The quantitative estimate of drug-likeness (QED) is 0.905. The molecule has 1 aromatic heterocycles. The minimum Gasteiger partial charge on any atom is -0.419 e. The highest BCUT2D eigenvalue weighted by Crippen LogP contribution is 2.23. The lowest BCUT2D eigenvalue weighted by atomic mass is 10.2. The Hall–Kier alpha value is -1.73. The SMILES string of the molecule is CCNC(C)c1nnc(-c2cccc(S(C)(=O)=O)c2)o1. The summed E-state index contributed by atoms with van der Waals surface area (Å²) in [7, 11) is -3.25. The van der Waals surface area contributed by atoms with E-state index in [0.29, 0.717) is 17.3 Å². The summed E-state index contributed by atoms with van der Waals surface area (Å²) in [6.45, 7) is 4.71. The molecule has 1 N–H and O–H groups in total. The standard InChI is InChI=1S/C13H17N3O3S/c1-4-14-9(2)12-15-16-13(19-12)10-6-5-7-11(8-10)20(3,17)18/h5-9,14H,4H2,1-3H3. The van der Waals surface area contributed by atoms with Crippen LogP contribution in [0, 0.1) is 0 Å². The summed E-state index contributed by atoms with van der Waals surface area (Å²) in [6, 6.07) is 6.43. The van der Waals surface area contributed by atoms with Gasteiger partial charge in [0, 0.05) is 11.8 Å². The Balaban J connectivity index is 2.33. The van der Waals surface area contributed by atoms with Crippen molar-refractivity contribution in [3.63, 3.8) is 0 Å². The summed E-state index contributed by atoms with van der Waals surface area (Å²) in [6.07, 6.45) is 1.17. The van der Waals surface area contributed by atoms with Gasteiger partial charge in [0.25, 0.3) is 0 Å². The van der Waals surface area contributed by atoms with Crippen LogP contribution in [0.5, 0.6) is 0 Å². The first-order valence-electron chi connectivity index (χ1n) is 6.29. The topological polar surface area (TPSA) is 85.1 Å². The number of hydrogen-bond acceptors (Lipinski definition) is 6. The highest BCUT2D eigenvalue weighted by Gasteiger charge is 2.15. The average Bonchev–Trinajstić information content (AvgIpc) is 2.88. The number of sulfone groups is 1. The van der Waals surface area contributed by atoms with Crippen LogP contribution >= 0.6 is 0 Å². The first-order chi connectivity index (χ1) is 9.41. The third-order valence-corrected chi connectivity index (χ3v) is 3.94. The minimum atomic E-state index is -3.25. The molecule has 2 rings (SSSR count). The number of nitrogens with one attached hydrogen (secondary N) is 1. The van der Waals surface area contributed by atoms with Crippen LogP contribution in [-0.2, 0) is 9.84 Å². The largest absolute Gasteiger partial charge is 0.419 e. The van der Waals surface area contributed by atoms with Crippen molar-refractivity contribution in [3.05, 3.63) is 30.2 Å². The molecule has 0 aliphatic carbocycles. The zero-order valence-electron chi connectivity index (χ0n) is 11.6. The van der Waals surface area contributed by atoms with Gasteiger partial charge in [-0.15, -0.1) is 10.2 Å². The summed E-state index contributed by atoms with van der Waals surface area (Å²) < 4.78 is 28.6. The predicted molar refractivity (Wildman–Crippen MR) is 74.9 cm³/mol. The number of aromatic nitrogens is 2. The molecule has 1 atom stereocenters. The molecule has 108 valence electrons. The van der Waals surface area contributed by atoms with Crippen molar-refractivity contribution in [2.45, 2.75) is 24.8 Å². The van der Waals surface area contributed by atoms with Gasteiger partial charge >= 0.3 is 0 Å². The van der Waals surface area contributed by atoms with Crippen molar-refractivity contribution in [2.24, 2.45) is 0 Å². The smallest absolute Gasteiger partial charge is 0.247 e. The zero-order valence-corrected chi connectivity index (χ0v) is 12.4. The Kier molecular flexibility index (Phi) is 4.20. The van der Waals surface area contributed by atoms with Crippen LogP contribution in [0.4, 0.5) is 0 Å². The fourth-order valence-electron chi connectivity index (χ4n) is 1.78. The molecular weight excluding hydrogens is 278 g/mol. The lowest BCUT2D eigenvalue weighted by Crippen LogP contribution is -2.17. The van der Waals surface area contributed by atoms with Crippen molar-refractivity contribution in [3.8, 4) is 11.5 Å². The van der Waals surface area contributed by atoms with Gasteiger partial charge in [-0.3, -0.25) is 0 Å². The second kappa shape index (κ2) is 5.72. The Labute approximate surface area is 118 Å². The molecule has 7 heteroatoms. The normalized spacial score (nSPS) is 13.3. The zero-order chi connectivity index (χ0) is 14.8. The molecule has 0 aliphatic rings. The van der Waals surface area contributed by atoms with Gasteiger partial charge in [0.2, 0.25) is 11.8 Å². The van der Waals surface area contributed by atoms with Crippen LogP contribution in [0.2, 0.25) is 0 Å². The molecule has 0 aliphatic heterocycles. The van der Waals surface area contributed by atoms with E-state index in [9.17, 15) is 8.42 Å². The van der Waals surface area contributed by atoms with Crippen LogP contribution in [0.25, 0.3) is 11.5 Å². The van der Waals surface area contributed by atoms with Crippen LogP contribution in [-0.4, -0.2) is 31.4 Å². The number of rotatable bonds is 5. The van der Waals surface area contributed by atoms with E-state index in [-0.39, 0.29) is 10.9 Å². The molecule has 1 unspecified atom stereocenters. The maximum Gasteiger partial charge on any atom is 0.247 e. The van der Waals surface area contributed by atoms with Crippen molar-refractivity contribution in [1.29, 1.82) is 0 Å². The number of hydrogen-bond donors (Lipinski definition) is 1. The van der Waals surface area contributed by atoms with E-state index in [4.69, 9.17) is 4.42 Å². The second-order valence-electron chi connectivity index (χ2n) is 4.52. The van der Waals surface area contributed by atoms with E-state index in [0.717, 1.165) is 6.54 Å². The Morgan fingerprint density at radius 1 is 1.35 bits per heavy atom. The molecule has 1 heterocycles. The summed E-state index contributed by atoms with van der Waals surface area (Å²) in [4.78, 5) is 0.231. The Bertz CT molecular complexity index is 694. The van der Waals surface area contributed by atoms with Gasteiger partial charge in [-0.1, -0.05) is 13.0 Å². The predicted octanol–water partition coefficient (Wildman–Crippen LogP) is 1.81. The third kappa shape index (κ3) is 3.23. The lowest BCUT2D eigenvalue weighted by Gasteiger charge is -2.05. The molecule has 20 heavy (non-hydrogen) atoms. The van der Waals surface area contributed by atoms with Gasteiger partial charge in [0.05, 0.1) is 10.9 Å². The molecule has 0 saturated heterocycles. The average molecular weight is 295 g/mol. The molecule has 0 fully saturated rings. The van der Waals surface area contributed by atoms with Crippen LogP contribution < -0.4 is 5.32 Å². The van der Waals surface area contributed by atoms with E-state index in [1.807, 2.05) is 13.8 Å². The third-order valence-electron chi connectivity index (χ3n) is 2.83. The number of benzene rings is 1. The second-order valence-corrected chi connectivity index (χ2v) is 6.54. The molecule has 0 bridgehead atoms. The van der Waals surface area contributed by atoms with Gasteiger partial charge in [0.15, 0.2) is 9.84 Å². The maximum absolute atomic E-state index is 11.5. The number of nitrogens with zero attached hydrogens (tertiary/aromatic N) is 2. The summed E-state index contributed by atoms with van der Waals surface area (Å²) in [5.74, 6) is 0.793. The molecule has 0 amide bonds. The molecule has 0 radical (unpaired) electrons. The fraction of sp³-hybridized carbons (Fsp3) is 0.385. The van der Waals surface area contributed by atoms with Crippen LogP contribution in [0.1, 0.15) is 25.8 Å². The van der Waals surface area contributed by atoms with Crippen LogP contribution in [0.15, 0.2) is 33.6 Å². The van der Waals surface area contributed by atoms with Crippen molar-refractivity contribution in [1.82, 2.24) is 15.5 Å². The molecule has 1 aromatic carbocycles. The molecule has 2 aromatic rings.